The van der Waals surface area contributed by atoms with Crippen molar-refractivity contribution in [3.05, 3.63) is 35.4 Å². The Morgan fingerprint density at radius 3 is 2.50 bits per heavy atom. The van der Waals surface area contributed by atoms with Crippen LogP contribution in [0.2, 0.25) is 0 Å². The molecule has 1 heterocycles. The van der Waals surface area contributed by atoms with Crippen molar-refractivity contribution < 1.29 is 23.1 Å². The molecule has 0 aliphatic carbocycles. The number of aliphatic carboxylic acids is 1. The number of alkyl halides is 3. The van der Waals surface area contributed by atoms with E-state index in [1.165, 1.54) is 0 Å². The lowest BCUT2D eigenvalue weighted by molar-refractivity contribution is -0.138. The van der Waals surface area contributed by atoms with Crippen LogP contribution in [0.4, 0.5) is 13.2 Å². The summed E-state index contributed by atoms with van der Waals surface area (Å²) in [6, 6.07) is 5.43. The van der Waals surface area contributed by atoms with E-state index in [4.69, 9.17) is 5.11 Å². The molecule has 22 heavy (non-hydrogen) atoms. The van der Waals surface area contributed by atoms with Gasteiger partial charge in [0.25, 0.3) is 0 Å². The maximum absolute atomic E-state index is 12.6. The third-order valence-corrected chi connectivity index (χ3v) is 4.07. The minimum atomic E-state index is -4.31. The summed E-state index contributed by atoms with van der Waals surface area (Å²) in [5, 5.41) is 8.71. The molecule has 122 valence electrons. The minimum absolute atomic E-state index is 0.0878. The highest BCUT2D eigenvalue weighted by molar-refractivity contribution is 5.66. The lowest BCUT2D eigenvalue weighted by atomic mass is 9.94. The highest BCUT2D eigenvalue weighted by atomic mass is 19.4. The van der Waals surface area contributed by atoms with E-state index >= 15 is 0 Å². The summed E-state index contributed by atoms with van der Waals surface area (Å²) >= 11 is 0. The van der Waals surface area contributed by atoms with Crippen molar-refractivity contribution in [2.45, 2.75) is 44.3 Å². The van der Waals surface area contributed by atoms with Gasteiger partial charge in [-0.1, -0.05) is 18.6 Å². The van der Waals surface area contributed by atoms with Crippen LogP contribution < -0.4 is 0 Å². The van der Waals surface area contributed by atoms with Crippen molar-refractivity contribution >= 4 is 5.97 Å². The molecule has 1 aromatic rings. The van der Waals surface area contributed by atoms with Gasteiger partial charge in [0, 0.05) is 12.5 Å². The molecule has 1 atom stereocenters. The van der Waals surface area contributed by atoms with Gasteiger partial charge in [-0.15, -0.1) is 0 Å². The Hall–Kier alpha value is -1.56. The molecule has 2 rings (SSSR count). The molecule has 0 spiro atoms. The van der Waals surface area contributed by atoms with Gasteiger partial charge in [0.1, 0.15) is 0 Å². The van der Waals surface area contributed by atoms with Crippen molar-refractivity contribution in [3.8, 4) is 0 Å². The fourth-order valence-corrected chi connectivity index (χ4v) is 2.96. The van der Waals surface area contributed by atoms with Gasteiger partial charge < -0.3 is 5.11 Å². The zero-order valence-electron chi connectivity index (χ0n) is 12.3. The number of piperidine rings is 1. The van der Waals surface area contributed by atoms with Crippen LogP contribution in [0.3, 0.4) is 0 Å². The number of carboxylic acids is 1. The maximum atomic E-state index is 12.6. The molecule has 1 fully saturated rings. The van der Waals surface area contributed by atoms with Gasteiger partial charge in [-0.25, -0.2) is 0 Å². The van der Waals surface area contributed by atoms with Crippen LogP contribution >= 0.6 is 0 Å². The van der Waals surface area contributed by atoms with Crippen LogP contribution in [0.15, 0.2) is 24.3 Å². The molecular weight excluding hydrogens is 295 g/mol. The highest BCUT2D eigenvalue weighted by Crippen LogP contribution is 2.34. The summed E-state index contributed by atoms with van der Waals surface area (Å²) in [7, 11) is 0. The van der Waals surface area contributed by atoms with Gasteiger partial charge >= 0.3 is 12.1 Å². The zero-order valence-corrected chi connectivity index (χ0v) is 12.3. The Morgan fingerprint density at radius 1 is 1.23 bits per heavy atom. The SMILES string of the molecule is O=C(O)CCCN1CCCCC1c1ccc(C(F)(F)F)cc1. The predicted molar refractivity (Wildman–Crippen MR) is 76.5 cm³/mol. The summed E-state index contributed by atoms with van der Waals surface area (Å²) in [6.45, 7) is 1.53. The lowest BCUT2D eigenvalue weighted by Crippen LogP contribution is -2.34. The van der Waals surface area contributed by atoms with Crippen molar-refractivity contribution in [3.63, 3.8) is 0 Å². The van der Waals surface area contributed by atoms with Crippen molar-refractivity contribution in [1.82, 2.24) is 4.90 Å². The van der Waals surface area contributed by atoms with Crippen molar-refractivity contribution in [1.29, 1.82) is 0 Å². The number of carbonyl (C=O) groups is 1. The molecule has 1 unspecified atom stereocenters. The molecule has 3 nitrogen and oxygen atoms in total. The van der Waals surface area contributed by atoms with E-state index in [2.05, 4.69) is 4.90 Å². The first-order chi connectivity index (χ1) is 10.4. The number of carboxylic acid groups (broad SMARTS) is 1. The third kappa shape index (κ3) is 4.47. The number of benzene rings is 1. The number of hydrogen-bond acceptors (Lipinski definition) is 2. The van der Waals surface area contributed by atoms with Crippen LogP contribution in [0.5, 0.6) is 0 Å². The van der Waals surface area contributed by atoms with Crippen LogP contribution in [-0.2, 0) is 11.0 Å². The topological polar surface area (TPSA) is 40.5 Å². The molecule has 0 radical (unpaired) electrons. The first-order valence-electron chi connectivity index (χ1n) is 7.51. The van der Waals surface area contributed by atoms with E-state index < -0.39 is 17.7 Å². The summed E-state index contributed by atoms with van der Waals surface area (Å²) in [5.74, 6) is -0.817. The first kappa shape index (κ1) is 16.8. The summed E-state index contributed by atoms with van der Waals surface area (Å²) < 4.78 is 37.8. The second-order valence-electron chi connectivity index (χ2n) is 5.66. The fourth-order valence-electron chi connectivity index (χ4n) is 2.96. The Labute approximate surface area is 127 Å². The molecule has 1 saturated heterocycles. The summed E-state index contributed by atoms with van der Waals surface area (Å²) in [6.07, 6.45) is -0.640. The van der Waals surface area contributed by atoms with Crippen LogP contribution in [-0.4, -0.2) is 29.1 Å². The molecule has 0 amide bonds. The zero-order chi connectivity index (χ0) is 16.2. The van der Waals surface area contributed by atoms with Crippen LogP contribution in [0.1, 0.15) is 49.3 Å². The molecule has 1 aliphatic rings. The number of likely N-dealkylation sites (tertiary alicyclic amines) is 1. The van der Waals surface area contributed by atoms with Crippen LogP contribution in [0.25, 0.3) is 0 Å². The minimum Gasteiger partial charge on any atom is -0.481 e. The second-order valence-corrected chi connectivity index (χ2v) is 5.66. The molecule has 1 aliphatic heterocycles. The van der Waals surface area contributed by atoms with E-state index in [-0.39, 0.29) is 12.5 Å². The quantitative estimate of drug-likeness (QED) is 0.889. The van der Waals surface area contributed by atoms with Gasteiger partial charge in [-0.2, -0.15) is 13.2 Å². The average Bonchev–Trinajstić information content (AvgIpc) is 2.47. The van der Waals surface area contributed by atoms with Crippen LogP contribution in [0, 0.1) is 0 Å². The Morgan fingerprint density at radius 2 is 1.91 bits per heavy atom. The van der Waals surface area contributed by atoms with E-state index in [1.54, 1.807) is 12.1 Å². The second kappa shape index (κ2) is 7.13. The van der Waals surface area contributed by atoms with E-state index in [0.717, 1.165) is 43.5 Å². The summed E-state index contributed by atoms with van der Waals surface area (Å²) in [5.41, 5.74) is 0.243. The average molecular weight is 315 g/mol. The monoisotopic (exact) mass is 315 g/mol. The van der Waals surface area contributed by atoms with Gasteiger partial charge in [-0.3, -0.25) is 9.69 Å². The molecular formula is C16H20F3NO2. The van der Waals surface area contributed by atoms with Gasteiger partial charge in [0.15, 0.2) is 0 Å². The van der Waals surface area contributed by atoms with Gasteiger partial charge in [0.2, 0.25) is 0 Å². The smallest absolute Gasteiger partial charge is 0.416 e. The molecule has 0 aromatic heterocycles. The maximum Gasteiger partial charge on any atom is 0.416 e. The molecule has 1 N–H and O–H groups in total. The number of halogens is 3. The predicted octanol–water partition coefficient (Wildman–Crippen LogP) is 4.10. The number of hydrogen-bond donors (Lipinski definition) is 1. The Kier molecular flexibility index (Phi) is 5.45. The number of rotatable bonds is 5. The standard InChI is InChI=1S/C16H20F3NO2/c17-16(18,19)13-8-6-12(7-9-13)14-4-1-2-10-20(14)11-3-5-15(21)22/h6-9,14H,1-5,10-11H2,(H,21,22). The van der Waals surface area contributed by atoms with Crippen molar-refractivity contribution in [2.75, 3.05) is 13.1 Å². The van der Waals surface area contributed by atoms with Crippen molar-refractivity contribution in [2.24, 2.45) is 0 Å². The largest absolute Gasteiger partial charge is 0.481 e. The third-order valence-electron chi connectivity index (χ3n) is 4.07. The molecule has 0 bridgehead atoms. The summed E-state index contributed by atoms with van der Waals surface area (Å²) in [4.78, 5) is 12.8. The number of nitrogens with zero attached hydrogens (tertiary/aromatic N) is 1. The first-order valence-corrected chi connectivity index (χ1v) is 7.51. The Bertz CT molecular complexity index is 499. The molecule has 1 aromatic carbocycles. The van der Waals surface area contributed by atoms with Gasteiger partial charge in [0.05, 0.1) is 5.56 Å². The van der Waals surface area contributed by atoms with E-state index in [9.17, 15) is 18.0 Å². The molecule has 6 heteroatoms. The van der Waals surface area contributed by atoms with E-state index in [1.807, 2.05) is 0 Å². The highest BCUT2D eigenvalue weighted by Gasteiger charge is 2.31. The lowest BCUT2D eigenvalue weighted by Gasteiger charge is -2.36. The molecule has 0 saturated carbocycles. The van der Waals surface area contributed by atoms with Gasteiger partial charge in [-0.05, 0) is 50.0 Å². The Balaban J connectivity index is 2.05. The van der Waals surface area contributed by atoms with E-state index in [0.29, 0.717) is 13.0 Å². The fraction of sp³-hybridized carbons (Fsp3) is 0.562. The normalized spacial score (nSPS) is 20.0.